The van der Waals surface area contributed by atoms with Crippen LogP contribution in [0.25, 0.3) is 0 Å². The summed E-state index contributed by atoms with van der Waals surface area (Å²) in [5, 5.41) is 17.2. The van der Waals surface area contributed by atoms with Crippen LogP contribution in [0.15, 0.2) is 37.2 Å². The summed E-state index contributed by atoms with van der Waals surface area (Å²) in [6.45, 7) is 0. The molecule has 0 radical (unpaired) electrons. The fourth-order valence-corrected chi connectivity index (χ4v) is 0.807. The maximum absolute atomic E-state index is 8.55. The van der Waals surface area contributed by atoms with E-state index in [1.54, 1.807) is 18.5 Å². The second-order valence-electron chi connectivity index (χ2n) is 2.56. The zero-order valence-electron chi connectivity index (χ0n) is 8.10. The number of halogens is 1. The van der Waals surface area contributed by atoms with E-state index >= 15 is 0 Å². The lowest BCUT2D eigenvalue weighted by Gasteiger charge is -1.94. The summed E-state index contributed by atoms with van der Waals surface area (Å²) < 4.78 is 0. The van der Waals surface area contributed by atoms with Crippen molar-refractivity contribution in [2.45, 2.75) is 0 Å². The van der Waals surface area contributed by atoms with Crippen LogP contribution in [0.4, 0.5) is 0 Å². The van der Waals surface area contributed by atoms with E-state index in [2.05, 4.69) is 19.9 Å². The third-order valence-corrected chi connectivity index (χ3v) is 1.61. The van der Waals surface area contributed by atoms with E-state index in [0.717, 1.165) is 0 Å². The van der Waals surface area contributed by atoms with Crippen molar-refractivity contribution in [1.82, 2.24) is 19.9 Å². The molecule has 2 aromatic heterocycles. The molecule has 0 aromatic carbocycles. The molecule has 0 amide bonds. The second kappa shape index (κ2) is 6.83. The van der Waals surface area contributed by atoms with E-state index in [1.165, 1.54) is 18.7 Å². The van der Waals surface area contributed by atoms with Gasteiger partial charge in [-0.3, -0.25) is 0 Å². The van der Waals surface area contributed by atoms with Crippen molar-refractivity contribution in [3.8, 4) is 0 Å². The SMILES string of the molecule is OB(O)c1cnc(Cl)nc1.c1cncnc1. The number of rotatable bonds is 1. The van der Waals surface area contributed by atoms with Crippen LogP contribution in [-0.2, 0) is 0 Å². The van der Waals surface area contributed by atoms with Gasteiger partial charge in [0.15, 0.2) is 0 Å². The van der Waals surface area contributed by atoms with E-state index in [4.69, 9.17) is 21.6 Å². The smallest absolute Gasteiger partial charge is 0.423 e. The van der Waals surface area contributed by atoms with Gasteiger partial charge in [0.25, 0.3) is 0 Å². The molecule has 0 aliphatic carbocycles. The summed E-state index contributed by atoms with van der Waals surface area (Å²) in [6, 6.07) is 1.78. The standard InChI is InChI=1S/C4H4BClN2O2.C4H4N2/c6-4-7-1-3(2-8-4)5(9)10;1-2-5-4-6-3-1/h1-2,9-10H;1-4H. The van der Waals surface area contributed by atoms with Crippen molar-refractivity contribution in [2.75, 3.05) is 0 Å². The highest BCUT2D eigenvalue weighted by Crippen LogP contribution is 1.92. The second-order valence-corrected chi connectivity index (χ2v) is 2.90. The van der Waals surface area contributed by atoms with E-state index in [9.17, 15) is 0 Å². The average Bonchev–Trinajstić information content (AvgIpc) is 2.32. The molecule has 2 N–H and O–H groups in total. The van der Waals surface area contributed by atoms with Crippen LogP contribution >= 0.6 is 11.6 Å². The Labute approximate surface area is 97.2 Å². The van der Waals surface area contributed by atoms with E-state index in [-0.39, 0.29) is 10.7 Å². The third kappa shape index (κ3) is 4.78. The molecule has 0 saturated carbocycles. The molecule has 0 aliphatic rings. The van der Waals surface area contributed by atoms with Crippen molar-refractivity contribution in [1.29, 1.82) is 0 Å². The Kier molecular flexibility index (Phi) is 5.34. The van der Waals surface area contributed by atoms with Crippen LogP contribution in [0.5, 0.6) is 0 Å². The highest BCUT2D eigenvalue weighted by Gasteiger charge is 2.10. The topological polar surface area (TPSA) is 92.0 Å². The first-order valence-corrected chi connectivity index (χ1v) is 4.61. The zero-order valence-corrected chi connectivity index (χ0v) is 8.86. The Balaban J connectivity index is 0.000000181. The molecule has 0 unspecified atom stereocenters. The molecule has 2 aromatic rings. The lowest BCUT2D eigenvalue weighted by Crippen LogP contribution is -2.30. The molecule has 0 spiro atoms. The van der Waals surface area contributed by atoms with Crippen LogP contribution in [0.2, 0.25) is 5.28 Å². The maximum Gasteiger partial charge on any atom is 0.491 e. The van der Waals surface area contributed by atoms with Gasteiger partial charge in [-0.15, -0.1) is 0 Å². The van der Waals surface area contributed by atoms with E-state index in [0.29, 0.717) is 0 Å². The summed E-state index contributed by atoms with van der Waals surface area (Å²) >= 11 is 5.33. The highest BCUT2D eigenvalue weighted by atomic mass is 35.5. The number of hydrogen-bond donors (Lipinski definition) is 2. The Morgan fingerprint density at radius 1 is 1.06 bits per heavy atom. The molecule has 2 rings (SSSR count). The molecule has 0 aliphatic heterocycles. The normalized spacial score (nSPS) is 8.94. The minimum absolute atomic E-state index is 0.0874. The van der Waals surface area contributed by atoms with E-state index < -0.39 is 7.12 Å². The highest BCUT2D eigenvalue weighted by molar-refractivity contribution is 6.58. The van der Waals surface area contributed by atoms with Crippen molar-refractivity contribution in [2.24, 2.45) is 0 Å². The average molecular weight is 238 g/mol. The molecule has 0 bridgehead atoms. The van der Waals surface area contributed by atoms with Crippen LogP contribution < -0.4 is 5.46 Å². The molecule has 0 fully saturated rings. The molecular formula is C8H8BClN4O2. The predicted octanol–water partition coefficient (Wildman–Crippen LogP) is -0.714. The van der Waals surface area contributed by atoms with Gasteiger partial charge in [-0.1, -0.05) is 0 Å². The fraction of sp³-hybridized carbons (Fsp3) is 0. The Morgan fingerprint density at radius 2 is 1.62 bits per heavy atom. The first kappa shape index (κ1) is 12.5. The molecule has 6 nitrogen and oxygen atoms in total. The van der Waals surface area contributed by atoms with Crippen LogP contribution in [0.3, 0.4) is 0 Å². The van der Waals surface area contributed by atoms with Crippen molar-refractivity contribution >= 4 is 24.2 Å². The quantitative estimate of drug-likeness (QED) is 0.503. The molecule has 82 valence electrons. The minimum atomic E-state index is -1.53. The molecule has 2 heterocycles. The van der Waals surface area contributed by atoms with Gasteiger partial charge < -0.3 is 10.0 Å². The lowest BCUT2D eigenvalue weighted by molar-refractivity contribution is 0.425. The van der Waals surface area contributed by atoms with Crippen molar-refractivity contribution in [3.63, 3.8) is 0 Å². The van der Waals surface area contributed by atoms with Gasteiger partial charge in [-0.2, -0.15) is 0 Å². The van der Waals surface area contributed by atoms with Gasteiger partial charge in [0, 0.05) is 30.3 Å². The first-order chi connectivity index (χ1) is 7.70. The Morgan fingerprint density at radius 3 is 1.94 bits per heavy atom. The third-order valence-electron chi connectivity index (χ3n) is 1.42. The van der Waals surface area contributed by atoms with Gasteiger partial charge in [0.1, 0.15) is 6.33 Å². The summed E-state index contributed by atoms with van der Waals surface area (Å²) in [5.74, 6) is 0. The monoisotopic (exact) mass is 238 g/mol. The molecule has 0 atom stereocenters. The van der Waals surface area contributed by atoms with Crippen LogP contribution in [-0.4, -0.2) is 37.1 Å². The predicted molar refractivity (Wildman–Crippen MR) is 58.9 cm³/mol. The Hall–Kier alpha value is -1.57. The Bertz CT molecular complexity index is 374. The molecule has 8 heteroatoms. The minimum Gasteiger partial charge on any atom is -0.423 e. The van der Waals surface area contributed by atoms with Gasteiger partial charge in [0.05, 0.1) is 0 Å². The molecule has 16 heavy (non-hydrogen) atoms. The zero-order chi connectivity index (χ0) is 11.8. The largest absolute Gasteiger partial charge is 0.491 e. The fourth-order valence-electron chi connectivity index (χ4n) is 0.709. The van der Waals surface area contributed by atoms with Crippen molar-refractivity contribution < 1.29 is 10.0 Å². The first-order valence-electron chi connectivity index (χ1n) is 4.23. The summed E-state index contributed by atoms with van der Waals surface area (Å²) in [7, 11) is -1.53. The maximum atomic E-state index is 8.55. The number of hydrogen-bond acceptors (Lipinski definition) is 6. The van der Waals surface area contributed by atoms with Crippen LogP contribution in [0, 0.1) is 0 Å². The molecule has 0 saturated heterocycles. The summed E-state index contributed by atoms with van der Waals surface area (Å²) in [5.41, 5.74) is 0.226. The molecular weight excluding hydrogens is 230 g/mol. The van der Waals surface area contributed by atoms with Gasteiger partial charge in [-0.05, 0) is 17.7 Å². The van der Waals surface area contributed by atoms with E-state index in [1.807, 2.05) is 0 Å². The lowest BCUT2D eigenvalue weighted by atomic mass is 9.83. The summed E-state index contributed by atoms with van der Waals surface area (Å²) in [4.78, 5) is 14.4. The van der Waals surface area contributed by atoms with Gasteiger partial charge in [0.2, 0.25) is 5.28 Å². The van der Waals surface area contributed by atoms with Gasteiger partial charge in [-0.25, -0.2) is 19.9 Å². The van der Waals surface area contributed by atoms with Crippen LogP contribution in [0.1, 0.15) is 0 Å². The number of nitrogens with zero attached hydrogens (tertiary/aromatic N) is 4. The van der Waals surface area contributed by atoms with Crippen molar-refractivity contribution in [3.05, 3.63) is 42.5 Å². The number of aromatic nitrogens is 4. The summed E-state index contributed by atoms with van der Waals surface area (Å²) in [6.07, 6.45) is 7.38. The van der Waals surface area contributed by atoms with Gasteiger partial charge >= 0.3 is 7.12 Å².